The molecule has 0 saturated heterocycles. The number of hydrogen-bond acceptors (Lipinski definition) is 6. The number of phenolic OH excluding ortho intramolecular Hbond substituents is 1. The highest BCUT2D eigenvalue weighted by molar-refractivity contribution is 9.13. The number of nitrogens with zero attached hydrogens (tertiary/aromatic N) is 1. The Balaban J connectivity index is 1.84. The van der Waals surface area contributed by atoms with Crippen LogP contribution < -0.4 is 14.8 Å². The van der Waals surface area contributed by atoms with Gasteiger partial charge < -0.3 is 19.9 Å². The molecule has 3 rings (SSSR count). The molecular formula is C16H14Br2N2O3S. The fraction of sp³-hybridized carbons (Fsp3) is 0.188. The number of ether oxygens (including phenoxy) is 2. The first-order valence-electron chi connectivity index (χ1n) is 6.93. The Morgan fingerprint density at radius 1 is 1.25 bits per heavy atom. The van der Waals surface area contributed by atoms with E-state index in [1.54, 1.807) is 31.2 Å². The van der Waals surface area contributed by atoms with Crippen LogP contribution in [0.2, 0.25) is 0 Å². The number of hydrogen-bond donors (Lipinski definition) is 2. The van der Waals surface area contributed by atoms with E-state index in [4.69, 9.17) is 9.47 Å². The third-order valence-electron chi connectivity index (χ3n) is 3.46. The van der Waals surface area contributed by atoms with Crippen LogP contribution in [0.5, 0.6) is 17.2 Å². The number of benzene rings is 2. The van der Waals surface area contributed by atoms with Crippen molar-refractivity contribution in [1.29, 1.82) is 0 Å². The van der Waals surface area contributed by atoms with Crippen molar-refractivity contribution in [1.82, 2.24) is 0 Å². The molecule has 5 nitrogen and oxygen atoms in total. The first kappa shape index (κ1) is 17.4. The van der Waals surface area contributed by atoms with E-state index in [2.05, 4.69) is 42.2 Å². The number of aromatic hydroxyl groups is 1. The predicted molar refractivity (Wildman–Crippen MR) is 104 cm³/mol. The van der Waals surface area contributed by atoms with E-state index in [1.165, 1.54) is 7.11 Å². The molecule has 2 aromatic rings. The Labute approximate surface area is 160 Å². The van der Waals surface area contributed by atoms with Crippen LogP contribution in [-0.2, 0) is 0 Å². The predicted octanol–water partition coefficient (Wildman–Crippen LogP) is 4.85. The van der Waals surface area contributed by atoms with Crippen LogP contribution in [-0.4, -0.2) is 31.0 Å². The topological polar surface area (TPSA) is 63.1 Å². The molecule has 0 aliphatic carbocycles. The first-order chi connectivity index (χ1) is 11.5. The first-order valence-corrected chi connectivity index (χ1v) is 9.39. The van der Waals surface area contributed by atoms with Crippen molar-refractivity contribution in [3.05, 3.63) is 38.8 Å². The lowest BCUT2D eigenvalue weighted by atomic mass is 10.2. The molecule has 1 atom stereocenters. The van der Waals surface area contributed by atoms with Crippen LogP contribution in [0.3, 0.4) is 0 Å². The number of aliphatic imine (C=N–C) groups is 1. The smallest absolute Gasteiger partial charge is 0.171 e. The van der Waals surface area contributed by atoms with Crippen molar-refractivity contribution in [2.75, 3.05) is 19.5 Å². The molecule has 0 amide bonds. The van der Waals surface area contributed by atoms with Gasteiger partial charge in [-0.2, -0.15) is 0 Å². The van der Waals surface area contributed by atoms with Crippen molar-refractivity contribution < 1.29 is 14.6 Å². The maximum atomic E-state index is 10.3. The van der Waals surface area contributed by atoms with Gasteiger partial charge in [-0.1, -0.05) is 11.8 Å². The molecule has 0 saturated carbocycles. The number of fused-ring (bicyclic) bond motifs is 1. The molecule has 1 unspecified atom stereocenters. The number of rotatable bonds is 4. The third kappa shape index (κ3) is 3.36. The van der Waals surface area contributed by atoms with Gasteiger partial charge in [-0.05, 0) is 56.1 Å². The number of anilines is 1. The summed E-state index contributed by atoms with van der Waals surface area (Å²) in [5, 5.41) is 13.6. The molecule has 0 aromatic heterocycles. The molecule has 8 heteroatoms. The Morgan fingerprint density at radius 3 is 2.75 bits per heavy atom. The van der Waals surface area contributed by atoms with E-state index in [-0.39, 0.29) is 11.2 Å². The second-order valence-electron chi connectivity index (χ2n) is 4.89. The molecule has 2 aromatic carbocycles. The minimum Gasteiger partial charge on any atom is -0.504 e. The van der Waals surface area contributed by atoms with Gasteiger partial charge in [-0.15, -0.1) is 0 Å². The quantitative estimate of drug-likeness (QED) is 0.621. The maximum Gasteiger partial charge on any atom is 0.171 e. The Kier molecular flexibility index (Phi) is 5.27. The molecule has 0 spiro atoms. The zero-order chi connectivity index (χ0) is 17.3. The normalized spacial score (nSPS) is 16.1. The van der Waals surface area contributed by atoms with Gasteiger partial charge in [0, 0.05) is 20.1 Å². The van der Waals surface area contributed by atoms with Gasteiger partial charge in [0.25, 0.3) is 0 Å². The fourth-order valence-electron chi connectivity index (χ4n) is 2.22. The summed E-state index contributed by atoms with van der Waals surface area (Å²) in [6.07, 6.45) is 1.63. The van der Waals surface area contributed by atoms with Crippen LogP contribution in [0.1, 0.15) is 5.56 Å². The summed E-state index contributed by atoms with van der Waals surface area (Å²) in [7, 11) is 3.15. The molecule has 0 radical (unpaired) electrons. The lowest BCUT2D eigenvalue weighted by Gasteiger charge is -2.10. The number of nitrogens with one attached hydrogen (secondary N) is 1. The van der Waals surface area contributed by atoms with Crippen LogP contribution in [0.15, 0.2) is 43.1 Å². The van der Waals surface area contributed by atoms with Gasteiger partial charge in [0.05, 0.1) is 25.5 Å². The van der Waals surface area contributed by atoms with Crippen molar-refractivity contribution >= 4 is 55.5 Å². The second-order valence-corrected chi connectivity index (χ2v) is 7.66. The van der Waals surface area contributed by atoms with E-state index in [0.717, 1.165) is 20.8 Å². The molecule has 0 bridgehead atoms. The van der Waals surface area contributed by atoms with Gasteiger partial charge in [-0.25, -0.2) is 0 Å². The molecule has 2 N–H and O–H groups in total. The van der Waals surface area contributed by atoms with Gasteiger partial charge >= 0.3 is 0 Å². The minimum atomic E-state index is -0.177. The lowest BCUT2D eigenvalue weighted by Crippen LogP contribution is -2.07. The van der Waals surface area contributed by atoms with E-state index in [9.17, 15) is 5.11 Å². The molecular weight excluding hydrogens is 460 g/mol. The third-order valence-corrected chi connectivity index (χ3v) is 6.52. The average Bonchev–Trinajstić information content (AvgIpc) is 2.99. The van der Waals surface area contributed by atoms with Crippen LogP contribution in [0.25, 0.3) is 0 Å². The Bertz CT molecular complexity index is 814. The summed E-state index contributed by atoms with van der Waals surface area (Å²) < 4.78 is 11.9. The number of thioether (sulfide) groups is 1. The zero-order valence-electron chi connectivity index (χ0n) is 12.8. The van der Waals surface area contributed by atoms with E-state index in [1.807, 2.05) is 18.2 Å². The molecule has 1 heterocycles. The van der Waals surface area contributed by atoms with Gasteiger partial charge in [0.2, 0.25) is 0 Å². The molecule has 1 aliphatic heterocycles. The van der Waals surface area contributed by atoms with Crippen molar-refractivity contribution in [3.8, 4) is 17.2 Å². The van der Waals surface area contributed by atoms with Gasteiger partial charge in [-0.3, -0.25) is 4.99 Å². The zero-order valence-corrected chi connectivity index (χ0v) is 16.8. The molecule has 24 heavy (non-hydrogen) atoms. The average molecular weight is 474 g/mol. The largest absolute Gasteiger partial charge is 0.504 e. The molecule has 1 aliphatic rings. The van der Waals surface area contributed by atoms with Crippen molar-refractivity contribution in [2.45, 2.75) is 10.4 Å². The summed E-state index contributed by atoms with van der Waals surface area (Å²) in [4.78, 5) is 5.60. The fourth-order valence-corrected chi connectivity index (χ4v) is 4.04. The number of halogens is 2. The van der Waals surface area contributed by atoms with Gasteiger partial charge in [0.15, 0.2) is 17.0 Å². The molecule has 126 valence electrons. The van der Waals surface area contributed by atoms with Gasteiger partial charge in [0.1, 0.15) is 5.75 Å². The lowest BCUT2D eigenvalue weighted by molar-refractivity contribution is 0.372. The second kappa shape index (κ2) is 7.25. The summed E-state index contributed by atoms with van der Waals surface area (Å²) >= 11 is 8.47. The van der Waals surface area contributed by atoms with Crippen LogP contribution in [0.4, 0.5) is 5.69 Å². The summed E-state index contributed by atoms with van der Waals surface area (Å²) in [5.74, 6) is 1.23. The monoisotopic (exact) mass is 472 g/mol. The van der Waals surface area contributed by atoms with E-state index < -0.39 is 0 Å². The summed E-state index contributed by atoms with van der Waals surface area (Å²) in [5.41, 5.74) is 1.39. The van der Waals surface area contributed by atoms with E-state index >= 15 is 0 Å². The highest BCUT2D eigenvalue weighted by Gasteiger charge is 2.21. The molecule has 0 fully saturated rings. The van der Waals surface area contributed by atoms with Crippen LogP contribution >= 0.6 is 43.6 Å². The Hall–Kier alpha value is -1.38. The van der Waals surface area contributed by atoms with Crippen LogP contribution in [0, 0.1) is 0 Å². The number of methoxy groups -OCH3 is 2. The standard InChI is InChI=1S/C16H14Br2N2O3S/c1-22-8-3-4-11-13(5-8)24-16(20-11)19-7-9-14(18)10(17)6-12(23-2)15(9)21/h3-7,16,20-21H,1-2H3. The number of phenols is 1. The highest BCUT2D eigenvalue weighted by atomic mass is 79.9. The highest BCUT2D eigenvalue weighted by Crippen LogP contribution is 2.42. The minimum absolute atomic E-state index is 0.0403. The Morgan fingerprint density at radius 2 is 2.04 bits per heavy atom. The van der Waals surface area contributed by atoms with E-state index in [0.29, 0.717) is 15.8 Å². The maximum absolute atomic E-state index is 10.3. The summed E-state index contributed by atoms with van der Waals surface area (Å²) in [6, 6.07) is 7.53. The van der Waals surface area contributed by atoms with Crippen molar-refractivity contribution in [2.24, 2.45) is 4.99 Å². The van der Waals surface area contributed by atoms with Crippen molar-refractivity contribution in [3.63, 3.8) is 0 Å². The SMILES string of the molecule is COc1ccc2c(c1)SC(N=Cc1c(O)c(OC)cc(Br)c1Br)N2. The summed E-state index contributed by atoms with van der Waals surface area (Å²) in [6.45, 7) is 0.